The lowest BCUT2D eigenvalue weighted by Gasteiger charge is -2.32. The van der Waals surface area contributed by atoms with Crippen LogP contribution in [0.2, 0.25) is 0 Å². The molecule has 1 saturated carbocycles. The second-order valence-corrected chi connectivity index (χ2v) is 7.44. The summed E-state index contributed by atoms with van der Waals surface area (Å²) in [6, 6.07) is 6.06. The summed E-state index contributed by atoms with van der Waals surface area (Å²) >= 11 is 5.12. The minimum Gasteiger partial charge on any atom is -0.465 e. The number of halogens is 1. The van der Waals surface area contributed by atoms with E-state index in [0.29, 0.717) is 6.61 Å². The largest absolute Gasteiger partial charge is 0.465 e. The Morgan fingerprint density at radius 1 is 1.38 bits per heavy atom. The summed E-state index contributed by atoms with van der Waals surface area (Å²) in [7, 11) is 0. The molecule has 5 heteroatoms. The number of hydrogen-bond donors (Lipinski definition) is 0. The zero-order chi connectivity index (χ0) is 14.9. The van der Waals surface area contributed by atoms with Crippen LogP contribution in [0.3, 0.4) is 0 Å². The van der Waals surface area contributed by atoms with Crippen molar-refractivity contribution in [2.24, 2.45) is 0 Å². The Kier molecular flexibility index (Phi) is 4.31. The summed E-state index contributed by atoms with van der Waals surface area (Å²) in [6.07, 6.45) is 5.04. The van der Waals surface area contributed by atoms with Gasteiger partial charge in [0, 0.05) is 4.47 Å². The van der Waals surface area contributed by atoms with Crippen molar-refractivity contribution < 1.29 is 9.53 Å². The van der Waals surface area contributed by atoms with Crippen LogP contribution in [0.5, 0.6) is 0 Å². The van der Waals surface area contributed by atoms with Gasteiger partial charge in [-0.25, -0.2) is 4.98 Å². The number of fused-ring (bicyclic) bond motifs is 1. The summed E-state index contributed by atoms with van der Waals surface area (Å²) in [6.45, 7) is 2.29. The average Bonchev–Trinajstić information content (AvgIpc) is 2.91. The zero-order valence-corrected chi connectivity index (χ0v) is 14.4. The van der Waals surface area contributed by atoms with Gasteiger partial charge >= 0.3 is 5.97 Å². The molecule has 0 spiro atoms. The third-order valence-electron chi connectivity index (χ3n) is 4.13. The average molecular weight is 368 g/mol. The normalized spacial score (nSPS) is 17.8. The fourth-order valence-electron chi connectivity index (χ4n) is 3.03. The van der Waals surface area contributed by atoms with E-state index in [0.717, 1.165) is 45.4 Å². The highest BCUT2D eigenvalue weighted by Crippen LogP contribution is 2.43. The van der Waals surface area contributed by atoms with Gasteiger partial charge in [-0.15, -0.1) is 11.3 Å². The highest BCUT2D eigenvalue weighted by Gasteiger charge is 2.45. The topological polar surface area (TPSA) is 39.2 Å². The third-order valence-corrected chi connectivity index (χ3v) is 5.85. The van der Waals surface area contributed by atoms with Gasteiger partial charge in [0.2, 0.25) is 0 Å². The molecule has 0 atom stereocenters. The molecule has 0 bridgehead atoms. The molecular weight excluding hydrogens is 350 g/mol. The fraction of sp³-hybridized carbons (Fsp3) is 0.500. The van der Waals surface area contributed by atoms with E-state index in [1.54, 1.807) is 11.3 Å². The highest BCUT2D eigenvalue weighted by atomic mass is 79.9. The molecule has 112 valence electrons. The maximum absolute atomic E-state index is 12.6. The molecule has 3 nitrogen and oxygen atoms in total. The number of hydrogen-bond acceptors (Lipinski definition) is 4. The first-order valence-electron chi connectivity index (χ1n) is 7.39. The van der Waals surface area contributed by atoms with Crippen molar-refractivity contribution >= 4 is 43.5 Å². The van der Waals surface area contributed by atoms with Gasteiger partial charge in [-0.1, -0.05) is 35.2 Å². The van der Waals surface area contributed by atoms with Crippen molar-refractivity contribution in [2.75, 3.05) is 6.61 Å². The van der Waals surface area contributed by atoms with E-state index in [1.165, 1.54) is 6.42 Å². The molecule has 1 aromatic carbocycles. The molecular formula is C16H18BrNO2S. The number of ether oxygens (including phenoxy) is 1. The molecule has 1 fully saturated rings. The molecule has 2 aromatic rings. The lowest BCUT2D eigenvalue weighted by Crippen LogP contribution is -2.39. The molecule has 0 amide bonds. The molecule has 21 heavy (non-hydrogen) atoms. The van der Waals surface area contributed by atoms with Crippen LogP contribution in [-0.2, 0) is 14.9 Å². The second-order valence-electron chi connectivity index (χ2n) is 5.49. The van der Waals surface area contributed by atoms with E-state index >= 15 is 0 Å². The molecule has 0 aliphatic heterocycles. The minimum atomic E-state index is -0.523. The van der Waals surface area contributed by atoms with Gasteiger partial charge in [-0.2, -0.15) is 0 Å². The molecule has 0 radical (unpaired) electrons. The van der Waals surface area contributed by atoms with Crippen molar-refractivity contribution in [2.45, 2.75) is 44.4 Å². The van der Waals surface area contributed by atoms with Gasteiger partial charge in [0.25, 0.3) is 0 Å². The number of esters is 1. The summed E-state index contributed by atoms with van der Waals surface area (Å²) in [5.74, 6) is -0.0946. The second kappa shape index (κ2) is 6.05. The van der Waals surface area contributed by atoms with Crippen molar-refractivity contribution in [3.63, 3.8) is 0 Å². The predicted octanol–water partition coefficient (Wildman–Crippen LogP) is 4.82. The van der Waals surface area contributed by atoms with Gasteiger partial charge in [0.15, 0.2) is 0 Å². The summed E-state index contributed by atoms with van der Waals surface area (Å²) in [4.78, 5) is 17.3. The summed E-state index contributed by atoms with van der Waals surface area (Å²) in [5, 5.41) is 0.925. The number of rotatable bonds is 3. The maximum Gasteiger partial charge on any atom is 0.319 e. The highest BCUT2D eigenvalue weighted by molar-refractivity contribution is 9.10. The molecule has 1 aromatic heterocycles. The van der Waals surface area contributed by atoms with E-state index in [1.807, 2.05) is 19.1 Å². The van der Waals surface area contributed by atoms with E-state index in [2.05, 4.69) is 22.0 Å². The van der Waals surface area contributed by atoms with Gasteiger partial charge in [0.1, 0.15) is 10.4 Å². The molecule has 1 aliphatic rings. The Bertz CT molecular complexity index is 661. The van der Waals surface area contributed by atoms with Crippen molar-refractivity contribution in [1.82, 2.24) is 4.98 Å². The Morgan fingerprint density at radius 3 is 2.86 bits per heavy atom. The number of nitrogens with zero attached hydrogens (tertiary/aromatic N) is 1. The predicted molar refractivity (Wildman–Crippen MR) is 88.7 cm³/mol. The summed E-state index contributed by atoms with van der Waals surface area (Å²) in [5.41, 5.74) is 0.442. The van der Waals surface area contributed by atoms with Gasteiger partial charge < -0.3 is 4.74 Å². The number of carbonyl (C=O) groups is 1. The van der Waals surface area contributed by atoms with Crippen molar-refractivity contribution in [3.05, 3.63) is 27.7 Å². The first-order valence-corrected chi connectivity index (χ1v) is 9.00. The zero-order valence-electron chi connectivity index (χ0n) is 12.0. The first-order chi connectivity index (χ1) is 10.2. The molecule has 1 heterocycles. The van der Waals surface area contributed by atoms with Gasteiger partial charge in [0.05, 0.1) is 16.8 Å². The quantitative estimate of drug-likeness (QED) is 0.729. The monoisotopic (exact) mass is 367 g/mol. The van der Waals surface area contributed by atoms with Crippen LogP contribution in [-0.4, -0.2) is 17.6 Å². The molecule has 0 unspecified atom stereocenters. The van der Waals surface area contributed by atoms with Crippen LogP contribution in [0, 0.1) is 0 Å². The Hall–Kier alpha value is -0.940. The Morgan fingerprint density at radius 2 is 2.14 bits per heavy atom. The van der Waals surface area contributed by atoms with E-state index in [4.69, 9.17) is 9.72 Å². The molecule has 3 rings (SSSR count). The maximum atomic E-state index is 12.6. The minimum absolute atomic E-state index is 0.0946. The van der Waals surface area contributed by atoms with E-state index < -0.39 is 5.41 Å². The fourth-order valence-corrected chi connectivity index (χ4v) is 4.78. The van der Waals surface area contributed by atoms with E-state index in [-0.39, 0.29) is 5.97 Å². The first kappa shape index (κ1) is 15.0. The van der Waals surface area contributed by atoms with Crippen molar-refractivity contribution in [3.8, 4) is 0 Å². The van der Waals surface area contributed by atoms with Crippen LogP contribution in [0.15, 0.2) is 22.7 Å². The van der Waals surface area contributed by atoms with Crippen LogP contribution < -0.4 is 0 Å². The standard InChI is InChI=1S/C16H18BrNO2S/c1-2-20-15(19)16(8-4-3-5-9-16)14-18-12-7-6-11(17)10-13(12)21-14/h6-7,10H,2-5,8-9H2,1H3. The van der Waals surface area contributed by atoms with E-state index in [9.17, 15) is 4.79 Å². The van der Waals surface area contributed by atoms with Crippen LogP contribution in [0.4, 0.5) is 0 Å². The number of benzene rings is 1. The lowest BCUT2D eigenvalue weighted by atomic mass is 9.74. The van der Waals surface area contributed by atoms with Gasteiger partial charge in [-0.05, 0) is 38.0 Å². The smallest absolute Gasteiger partial charge is 0.319 e. The number of aromatic nitrogens is 1. The lowest BCUT2D eigenvalue weighted by molar-refractivity contribution is -0.151. The molecule has 1 aliphatic carbocycles. The molecule has 0 saturated heterocycles. The van der Waals surface area contributed by atoms with Crippen LogP contribution in [0.25, 0.3) is 10.2 Å². The van der Waals surface area contributed by atoms with Crippen molar-refractivity contribution in [1.29, 1.82) is 0 Å². The van der Waals surface area contributed by atoms with Crippen LogP contribution >= 0.6 is 27.3 Å². The Labute approximate surface area is 136 Å². The SMILES string of the molecule is CCOC(=O)C1(c2nc3ccc(Br)cc3s2)CCCCC1. The summed E-state index contributed by atoms with van der Waals surface area (Å²) < 4.78 is 7.54. The molecule has 0 N–H and O–H groups in total. The van der Waals surface area contributed by atoms with Crippen LogP contribution in [0.1, 0.15) is 44.0 Å². The number of thiazole rings is 1. The number of carbonyl (C=O) groups excluding carboxylic acids is 1. The van der Waals surface area contributed by atoms with Gasteiger partial charge in [-0.3, -0.25) is 4.79 Å². The third kappa shape index (κ3) is 2.73. The Balaban J connectivity index is 2.07.